The molecular weight excluding hydrogens is 360 g/mol. The molecule has 0 radical (unpaired) electrons. The van der Waals surface area contributed by atoms with Gasteiger partial charge in [-0.25, -0.2) is 8.42 Å². The molecule has 27 heavy (non-hydrogen) atoms. The van der Waals surface area contributed by atoms with Gasteiger partial charge in [-0.15, -0.1) is 0 Å². The maximum absolute atomic E-state index is 12.7. The van der Waals surface area contributed by atoms with Gasteiger partial charge in [0.25, 0.3) is 10.0 Å². The van der Waals surface area contributed by atoms with Gasteiger partial charge >= 0.3 is 0 Å². The highest BCUT2D eigenvalue weighted by molar-refractivity contribution is 7.92. The summed E-state index contributed by atoms with van der Waals surface area (Å²) in [6.07, 6.45) is 0. The van der Waals surface area contributed by atoms with E-state index in [-0.39, 0.29) is 4.90 Å². The number of sulfonamides is 1. The van der Waals surface area contributed by atoms with E-state index in [1.165, 1.54) is 5.56 Å². The summed E-state index contributed by atoms with van der Waals surface area (Å²) in [4.78, 5) is 2.37. The van der Waals surface area contributed by atoms with Crippen molar-refractivity contribution in [3.8, 4) is 0 Å². The van der Waals surface area contributed by atoms with Crippen molar-refractivity contribution in [2.75, 3.05) is 16.2 Å². The standard InChI is InChI=1S/C20H24N4O2S/c1-5-24(19-8-6-7-14(2)13-19)18-11-9-17(10-12-18)23-27(25,26)20-15(3)21-22-16(20)4/h6-13,23H,5H2,1-4H3,(H,21,22). The number of nitrogens with one attached hydrogen (secondary N) is 2. The molecule has 7 heteroatoms. The normalized spacial score (nSPS) is 11.4. The van der Waals surface area contributed by atoms with Crippen LogP contribution in [0.15, 0.2) is 53.4 Å². The summed E-state index contributed by atoms with van der Waals surface area (Å²) in [5.74, 6) is 0. The number of hydrogen-bond acceptors (Lipinski definition) is 4. The number of nitrogens with zero attached hydrogens (tertiary/aromatic N) is 2. The summed E-state index contributed by atoms with van der Waals surface area (Å²) in [5, 5.41) is 6.67. The molecule has 2 aromatic carbocycles. The van der Waals surface area contributed by atoms with Gasteiger partial charge in [-0.1, -0.05) is 12.1 Å². The summed E-state index contributed by atoms with van der Waals surface area (Å²) < 4.78 is 27.9. The van der Waals surface area contributed by atoms with Gasteiger partial charge in [-0.2, -0.15) is 5.10 Å². The molecule has 0 saturated carbocycles. The molecule has 0 fully saturated rings. The fourth-order valence-electron chi connectivity index (χ4n) is 3.16. The van der Waals surface area contributed by atoms with Gasteiger partial charge in [-0.3, -0.25) is 9.82 Å². The maximum Gasteiger partial charge on any atom is 0.265 e. The Hall–Kier alpha value is -2.80. The highest BCUT2D eigenvalue weighted by Gasteiger charge is 2.22. The number of benzene rings is 2. The lowest BCUT2D eigenvalue weighted by molar-refractivity contribution is 0.600. The molecule has 0 aliphatic carbocycles. The van der Waals surface area contributed by atoms with Gasteiger partial charge in [0, 0.05) is 23.6 Å². The molecule has 2 N–H and O–H groups in total. The SMILES string of the molecule is CCN(c1ccc(NS(=O)(=O)c2c(C)n[nH]c2C)cc1)c1cccc(C)c1. The van der Waals surface area contributed by atoms with Gasteiger partial charge < -0.3 is 4.90 Å². The van der Waals surface area contributed by atoms with Crippen molar-refractivity contribution >= 4 is 27.1 Å². The summed E-state index contributed by atoms with van der Waals surface area (Å²) in [7, 11) is -3.69. The Morgan fingerprint density at radius 3 is 2.30 bits per heavy atom. The number of aryl methyl sites for hydroxylation is 3. The maximum atomic E-state index is 12.7. The third-order valence-electron chi connectivity index (χ3n) is 4.39. The first-order valence-corrected chi connectivity index (χ1v) is 10.3. The Balaban J connectivity index is 1.85. The average molecular weight is 385 g/mol. The Labute approximate surface area is 160 Å². The lowest BCUT2D eigenvalue weighted by Crippen LogP contribution is -2.17. The van der Waals surface area contributed by atoms with E-state index in [1.54, 1.807) is 26.0 Å². The second-order valence-corrected chi connectivity index (χ2v) is 8.12. The van der Waals surface area contributed by atoms with E-state index in [1.807, 2.05) is 18.2 Å². The predicted molar refractivity (Wildman–Crippen MR) is 109 cm³/mol. The zero-order valence-electron chi connectivity index (χ0n) is 15.9. The van der Waals surface area contributed by atoms with Crippen LogP contribution in [0.1, 0.15) is 23.9 Å². The van der Waals surface area contributed by atoms with Gasteiger partial charge in [0.2, 0.25) is 0 Å². The summed E-state index contributed by atoms with van der Waals surface area (Å²) in [5.41, 5.74) is 4.79. The molecule has 142 valence electrons. The Morgan fingerprint density at radius 2 is 1.74 bits per heavy atom. The van der Waals surface area contributed by atoms with Crippen molar-refractivity contribution in [2.24, 2.45) is 0 Å². The first kappa shape index (κ1) is 19.0. The second kappa shape index (κ2) is 7.44. The lowest BCUT2D eigenvalue weighted by atomic mass is 10.2. The van der Waals surface area contributed by atoms with Crippen molar-refractivity contribution in [1.82, 2.24) is 10.2 Å². The Morgan fingerprint density at radius 1 is 1.04 bits per heavy atom. The molecule has 0 aliphatic rings. The largest absolute Gasteiger partial charge is 0.342 e. The molecule has 0 spiro atoms. The zero-order chi connectivity index (χ0) is 19.6. The summed E-state index contributed by atoms with van der Waals surface area (Å²) in [6.45, 7) is 8.32. The van der Waals surface area contributed by atoms with E-state index in [9.17, 15) is 8.42 Å². The van der Waals surface area contributed by atoms with Gasteiger partial charge in [0.15, 0.2) is 0 Å². The van der Waals surface area contributed by atoms with Crippen molar-refractivity contribution in [1.29, 1.82) is 0 Å². The van der Waals surface area contributed by atoms with Crippen LogP contribution in [0.5, 0.6) is 0 Å². The average Bonchev–Trinajstić information content (AvgIpc) is 2.96. The highest BCUT2D eigenvalue weighted by Crippen LogP contribution is 2.28. The van der Waals surface area contributed by atoms with Crippen LogP contribution in [-0.4, -0.2) is 25.2 Å². The van der Waals surface area contributed by atoms with E-state index < -0.39 is 10.0 Å². The number of anilines is 3. The van der Waals surface area contributed by atoms with Gasteiger partial charge in [-0.05, 0) is 69.7 Å². The molecule has 0 bridgehead atoms. The molecule has 0 atom stereocenters. The minimum atomic E-state index is -3.69. The van der Waals surface area contributed by atoms with Crippen molar-refractivity contribution < 1.29 is 8.42 Å². The molecule has 1 heterocycles. The predicted octanol–water partition coefficient (Wildman–Crippen LogP) is 4.29. The molecular formula is C20H24N4O2S. The minimum absolute atomic E-state index is 0.196. The van der Waals surface area contributed by atoms with Crippen LogP contribution in [0.3, 0.4) is 0 Å². The fourth-order valence-corrected chi connectivity index (χ4v) is 4.59. The third kappa shape index (κ3) is 3.98. The quantitative estimate of drug-likeness (QED) is 0.664. The second-order valence-electron chi connectivity index (χ2n) is 6.50. The zero-order valence-corrected chi connectivity index (χ0v) is 16.8. The minimum Gasteiger partial charge on any atom is -0.342 e. The molecule has 1 aromatic heterocycles. The molecule has 0 amide bonds. The monoisotopic (exact) mass is 384 g/mol. The Kier molecular flexibility index (Phi) is 5.23. The Bertz CT molecular complexity index is 1020. The van der Waals surface area contributed by atoms with Crippen LogP contribution in [0.25, 0.3) is 0 Å². The summed E-state index contributed by atoms with van der Waals surface area (Å²) in [6, 6.07) is 15.7. The van der Waals surface area contributed by atoms with Crippen LogP contribution in [0.2, 0.25) is 0 Å². The van der Waals surface area contributed by atoms with E-state index in [0.29, 0.717) is 17.1 Å². The molecule has 3 aromatic rings. The number of aromatic amines is 1. The molecule has 6 nitrogen and oxygen atoms in total. The van der Waals surface area contributed by atoms with E-state index >= 15 is 0 Å². The third-order valence-corrected chi connectivity index (χ3v) is 6.03. The van der Waals surface area contributed by atoms with Gasteiger partial charge in [0.05, 0.1) is 11.4 Å². The van der Waals surface area contributed by atoms with Crippen molar-refractivity contribution in [3.63, 3.8) is 0 Å². The van der Waals surface area contributed by atoms with Crippen LogP contribution in [-0.2, 0) is 10.0 Å². The smallest absolute Gasteiger partial charge is 0.265 e. The lowest BCUT2D eigenvalue weighted by Gasteiger charge is -2.24. The van der Waals surface area contributed by atoms with Crippen LogP contribution in [0.4, 0.5) is 17.1 Å². The molecule has 0 saturated heterocycles. The number of rotatable bonds is 6. The molecule has 0 unspecified atom stereocenters. The van der Waals surface area contributed by atoms with Crippen molar-refractivity contribution in [2.45, 2.75) is 32.6 Å². The molecule has 0 aliphatic heterocycles. The first-order chi connectivity index (χ1) is 12.8. The van der Waals surface area contributed by atoms with Gasteiger partial charge in [0.1, 0.15) is 4.90 Å². The fraction of sp³-hybridized carbons (Fsp3) is 0.250. The van der Waals surface area contributed by atoms with Crippen LogP contribution >= 0.6 is 0 Å². The van der Waals surface area contributed by atoms with Crippen molar-refractivity contribution in [3.05, 3.63) is 65.5 Å². The van der Waals surface area contributed by atoms with E-state index in [2.05, 4.69) is 51.9 Å². The topological polar surface area (TPSA) is 78.1 Å². The molecule has 3 rings (SSSR count). The van der Waals surface area contributed by atoms with Crippen LogP contribution < -0.4 is 9.62 Å². The first-order valence-electron chi connectivity index (χ1n) is 8.80. The number of hydrogen-bond donors (Lipinski definition) is 2. The van der Waals surface area contributed by atoms with E-state index in [4.69, 9.17) is 0 Å². The summed E-state index contributed by atoms with van der Waals surface area (Å²) >= 11 is 0. The highest BCUT2D eigenvalue weighted by atomic mass is 32.2. The van der Waals surface area contributed by atoms with E-state index in [0.717, 1.165) is 17.9 Å². The number of H-pyrrole nitrogens is 1. The number of aromatic nitrogens is 2. The van der Waals surface area contributed by atoms with Crippen LogP contribution in [0, 0.1) is 20.8 Å².